The van der Waals surface area contributed by atoms with Gasteiger partial charge in [-0.15, -0.1) is 0 Å². The molecule has 0 N–H and O–H groups in total. The molecular weight excluding hydrogens is 714 g/mol. The van der Waals surface area contributed by atoms with Crippen molar-refractivity contribution in [3.8, 4) is 0 Å². The Hall–Kier alpha value is -2.19. The van der Waals surface area contributed by atoms with Gasteiger partial charge in [-0.3, -0.25) is 19.6 Å². The number of hydrogen-bond acceptors (Lipinski definition) is 4. The summed E-state index contributed by atoms with van der Waals surface area (Å²) in [5, 5.41) is 0. The fourth-order valence-electron chi connectivity index (χ4n) is 7.74. The Morgan fingerprint density at radius 1 is 0.392 bits per heavy atom. The first-order valence-corrected chi connectivity index (χ1v) is 21.8. The molecule has 1 fully saturated rings. The van der Waals surface area contributed by atoms with Crippen LogP contribution in [0.3, 0.4) is 0 Å². The van der Waals surface area contributed by atoms with Gasteiger partial charge >= 0.3 is 33.2 Å². The first-order chi connectivity index (χ1) is 25.0. The summed E-state index contributed by atoms with van der Waals surface area (Å²) in [4.78, 5) is 11.4. The van der Waals surface area contributed by atoms with Crippen molar-refractivity contribution in [3.05, 3.63) is 144 Å². The molecule has 0 saturated carbocycles. The first-order valence-electron chi connectivity index (χ1n) is 19.0. The van der Waals surface area contributed by atoms with E-state index in [1.165, 1.54) is 22.3 Å². The van der Waals surface area contributed by atoms with E-state index in [0.29, 0.717) is 37.1 Å². The standard InChI is InChI=1S/C44H60N4.2ClH.Co/c1-5-41-33-46(30-38-23-15-10-16-24-38)43(7-3)35-48(32-40-27-19-12-20-28-40)44(8-4)36-47(31-39-25-17-11-18-26-39)42(6-2)34-45(41)29-37-21-13-9-14-22-37;;;/h9-28,41-44H,5-8,29-36H2,1-4H3;2*1H;/q;;;+2/p-2. The van der Waals surface area contributed by atoms with Crippen molar-refractivity contribution in [1.82, 2.24) is 19.6 Å². The van der Waals surface area contributed by atoms with Gasteiger partial charge in [0.1, 0.15) is 0 Å². The summed E-state index contributed by atoms with van der Waals surface area (Å²) in [6.45, 7) is 17.9. The van der Waals surface area contributed by atoms with Crippen LogP contribution in [0.5, 0.6) is 0 Å². The van der Waals surface area contributed by atoms with E-state index in [9.17, 15) is 0 Å². The minimum atomic E-state index is 0.382. The van der Waals surface area contributed by atoms with Crippen LogP contribution in [0.2, 0.25) is 0 Å². The molecule has 0 amide bonds. The Bertz CT molecular complexity index is 1230. The molecule has 1 aliphatic rings. The van der Waals surface area contributed by atoms with Gasteiger partial charge in [0.2, 0.25) is 0 Å². The van der Waals surface area contributed by atoms with Crippen LogP contribution in [0.25, 0.3) is 0 Å². The Morgan fingerprint density at radius 2 is 0.569 bits per heavy atom. The van der Waals surface area contributed by atoms with Crippen molar-refractivity contribution in [1.29, 1.82) is 0 Å². The molecule has 5 rings (SSSR count). The van der Waals surface area contributed by atoms with Gasteiger partial charge in [-0.1, -0.05) is 149 Å². The SMILES string of the molecule is CCC1CN(Cc2ccccc2)C(CC)CN(Cc2ccccc2)C(CC)CN(Cc2ccccc2)C(CC)CN1Cc1ccccc1.[Cl][Co][Cl]. The van der Waals surface area contributed by atoms with Gasteiger partial charge in [0.05, 0.1) is 0 Å². The van der Waals surface area contributed by atoms with Crippen molar-refractivity contribution in [2.24, 2.45) is 0 Å². The van der Waals surface area contributed by atoms with E-state index in [-0.39, 0.29) is 0 Å². The average Bonchev–Trinajstić information content (AvgIpc) is 3.17. The van der Waals surface area contributed by atoms with Crippen molar-refractivity contribution in [3.63, 3.8) is 0 Å². The molecule has 0 aromatic heterocycles. The number of nitrogens with zero attached hydrogens (tertiary/aromatic N) is 4. The second-order valence-corrected chi connectivity index (χ2v) is 15.7. The molecule has 0 aliphatic carbocycles. The third kappa shape index (κ3) is 13.6. The molecule has 1 aliphatic heterocycles. The molecule has 279 valence electrons. The van der Waals surface area contributed by atoms with E-state index in [1.54, 1.807) is 0 Å². The molecule has 51 heavy (non-hydrogen) atoms. The molecule has 4 aromatic rings. The topological polar surface area (TPSA) is 13.0 Å². The summed E-state index contributed by atoms with van der Waals surface area (Å²) in [7, 11) is 9.47. The van der Waals surface area contributed by atoms with E-state index in [0.717, 1.165) is 78.0 Å². The third-order valence-corrected chi connectivity index (χ3v) is 10.6. The van der Waals surface area contributed by atoms with Crippen molar-refractivity contribution < 1.29 is 12.9 Å². The first kappa shape index (κ1) is 41.6. The predicted molar refractivity (Wildman–Crippen MR) is 215 cm³/mol. The van der Waals surface area contributed by atoms with Crippen LogP contribution >= 0.6 is 20.3 Å². The second-order valence-electron chi connectivity index (χ2n) is 14.0. The maximum atomic E-state index is 4.73. The summed E-state index contributed by atoms with van der Waals surface area (Å²) in [6, 6.07) is 46.6. The molecular formula is C44H60Cl2CoN4. The Balaban J connectivity index is 0.00000188. The van der Waals surface area contributed by atoms with E-state index in [2.05, 4.69) is 169 Å². The number of benzene rings is 4. The van der Waals surface area contributed by atoms with Crippen molar-refractivity contribution in [2.75, 3.05) is 26.2 Å². The summed E-state index contributed by atoms with van der Waals surface area (Å²) in [5.74, 6) is 0. The molecule has 0 radical (unpaired) electrons. The zero-order valence-electron chi connectivity index (χ0n) is 31.2. The van der Waals surface area contributed by atoms with Crippen LogP contribution in [0.1, 0.15) is 75.6 Å². The Labute approximate surface area is 324 Å². The second kappa shape index (κ2) is 23.5. The summed E-state index contributed by atoms with van der Waals surface area (Å²) in [6.07, 6.45) is 4.54. The van der Waals surface area contributed by atoms with Gasteiger partial charge in [0, 0.05) is 76.5 Å². The fourth-order valence-corrected chi connectivity index (χ4v) is 7.74. The van der Waals surface area contributed by atoms with E-state index in [1.807, 2.05) is 0 Å². The molecule has 1 saturated heterocycles. The molecule has 4 nitrogen and oxygen atoms in total. The molecule has 4 unspecified atom stereocenters. The van der Waals surface area contributed by atoms with Gasteiger partial charge in [-0.25, -0.2) is 0 Å². The van der Waals surface area contributed by atoms with Crippen LogP contribution in [0.15, 0.2) is 121 Å². The van der Waals surface area contributed by atoms with E-state index in [4.69, 9.17) is 20.3 Å². The number of hydrogen-bond donors (Lipinski definition) is 0. The molecule has 0 bridgehead atoms. The Kier molecular flexibility index (Phi) is 19.1. The van der Waals surface area contributed by atoms with E-state index < -0.39 is 0 Å². The fraction of sp³-hybridized carbons (Fsp3) is 0.455. The van der Waals surface area contributed by atoms with Crippen LogP contribution in [-0.4, -0.2) is 69.9 Å². The van der Waals surface area contributed by atoms with Crippen molar-refractivity contribution in [2.45, 2.75) is 104 Å². The average molecular weight is 775 g/mol. The monoisotopic (exact) mass is 773 g/mol. The quantitative estimate of drug-likeness (QED) is 0.142. The molecule has 1 heterocycles. The minimum absolute atomic E-state index is 0.382. The predicted octanol–water partition coefficient (Wildman–Crippen LogP) is 10.5. The third-order valence-electron chi connectivity index (χ3n) is 10.6. The van der Waals surface area contributed by atoms with Gasteiger partial charge < -0.3 is 0 Å². The summed E-state index contributed by atoms with van der Waals surface area (Å²) < 4.78 is 0. The zero-order chi connectivity index (χ0) is 36.3. The van der Waals surface area contributed by atoms with Crippen LogP contribution in [0, 0.1) is 0 Å². The molecule has 4 aromatic carbocycles. The van der Waals surface area contributed by atoms with Gasteiger partial charge in [-0.2, -0.15) is 0 Å². The van der Waals surface area contributed by atoms with Gasteiger partial charge in [0.15, 0.2) is 0 Å². The Morgan fingerprint density at radius 3 is 0.725 bits per heavy atom. The van der Waals surface area contributed by atoms with Gasteiger partial charge in [-0.05, 0) is 47.9 Å². The number of halogens is 2. The summed E-state index contributed by atoms with van der Waals surface area (Å²) in [5.41, 5.74) is 5.65. The van der Waals surface area contributed by atoms with Crippen LogP contribution < -0.4 is 0 Å². The van der Waals surface area contributed by atoms with Gasteiger partial charge in [0.25, 0.3) is 0 Å². The van der Waals surface area contributed by atoms with E-state index >= 15 is 0 Å². The normalized spacial score (nSPS) is 21.7. The molecule has 4 atom stereocenters. The molecule has 0 spiro atoms. The maximum absolute atomic E-state index is 4.73. The van der Waals surface area contributed by atoms with Crippen LogP contribution in [0.4, 0.5) is 0 Å². The summed E-state index contributed by atoms with van der Waals surface area (Å²) >= 11 is 0.382. The molecule has 7 heteroatoms. The van der Waals surface area contributed by atoms with Crippen LogP contribution in [-0.2, 0) is 39.1 Å². The number of rotatable bonds is 12. The van der Waals surface area contributed by atoms with Crippen molar-refractivity contribution >= 4 is 20.3 Å². The zero-order valence-corrected chi connectivity index (χ0v) is 33.8.